The monoisotopic (exact) mass is 692 g/mol. The molecule has 2 aromatic carbocycles. The van der Waals surface area contributed by atoms with Gasteiger partial charge in [0.1, 0.15) is 23.0 Å². The van der Waals surface area contributed by atoms with E-state index in [9.17, 15) is 8.78 Å². The summed E-state index contributed by atoms with van der Waals surface area (Å²) in [5, 5.41) is 18.5. The van der Waals surface area contributed by atoms with E-state index in [4.69, 9.17) is 14.0 Å². The molecule has 0 amide bonds. The standard InChI is InChI=1S/C38H47F3N6O3/c39-32-22-27(37-42-45-46-43-37)17-19-33(32)47-20-10-6-4-2-1-3-5-7-11-25-14-18-28(47)23-29(21-25)48-24-31-35(44-50-36(31)26-15-16-26)30-12-8-9-13-34(30)49-38(40)41/h8-9,12-13,17,19,22,25-26,28-29,38H,1-7,10-11,14-16,18,20-21,23-24H2,(H,42,43,45,46). The van der Waals surface area contributed by atoms with Crippen LogP contribution in [0.5, 0.6) is 5.75 Å². The lowest BCUT2D eigenvalue weighted by Gasteiger charge is -2.35. The maximum absolute atomic E-state index is 16.0. The lowest BCUT2D eigenvalue weighted by Crippen LogP contribution is -2.39. The Kier molecular flexibility index (Phi) is 11.3. The average molecular weight is 693 g/mol. The van der Waals surface area contributed by atoms with Crippen LogP contribution in [0.15, 0.2) is 47.0 Å². The van der Waals surface area contributed by atoms with E-state index in [0.29, 0.717) is 34.3 Å². The number of aromatic nitrogens is 5. The number of hydrogen-bond donors (Lipinski definition) is 1. The molecule has 2 aliphatic carbocycles. The fourth-order valence-corrected chi connectivity index (χ4v) is 7.96. The Balaban J connectivity index is 1.16. The number of H-pyrrole nitrogens is 1. The van der Waals surface area contributed by atoms with Crippen LogP contribution in [0.3, 0.4) is 0 Å². The molecular formula is C38H47F3N6O3. The number of alkyl halides is 2. The zero-order chi connectivity index (χ0) is 34.3. The minimum Gasteiger partial charge on any atom is -0.434 e. The lowest BCUT2D eigenvalue weighted by molar-refractivity contribution is -0.0494. The first-order valence-electron chi connectivity index (χ1n) is 18.5. The zero-order valence-corrected chi connectivity index (χ0v) is 28.5. The molecule has 2 aromatic heterocycles. The molecule has 7 rings (SSSR count). The molecule has 1 N–H and O–H groups in total. The van der Waals surface area contributed by atoms with E-state index < -0.39 is 6.61 Å². The minimum absolute atomic E-state index is 0.0603. The highest BCUT2D eigenvalue weighted by Crippen LogP contribution is 2.46. The van der Waals surface area contributed by atoms with Crippen LogP contribution < -0.4 is 9.64 Å². The quantitative estimate of drug-likeness (QED) is 0.185. The highest BCUT2D eigenvalue weighted by atomic mass is 19.3. The second-order valence-electron chi connectivity index (χ2n) is 14.2. The summed E-state index contributed by atoms with van der Waals surface area (Å²) in [6, 6.07) is 12.0. The summed E-state index contributed by atoms with van der Waals surface area (Å²) in [5.74, 6) is 1.66. The fraction of sp³-hybridized carbons (Fsp3) is 0.579. The number of ether oxygens (including phenoxy) is 2. The summed E-state index contributed by atoms with van der Waals surface area (Å²) in [6.45, 7) is -1.93. The number of nitrogens with zero attached hydrogens (tertiary/aromatic N) is 5. The number of para-hydroxylation sites is 1. The smallest absolute Gasteiger partial charge is 0.387 e. The van der Waals surface area contributed by atoms with Gasteiger partial charge in [-0.1, -0.05) is 68.7 Å². The Bertz CT molecular complexity index is 1660. The molecule has 0 radical (unpaired) electrons. The number of rotatable bonds is 9. The Morgan fingerprint density at radius 2 is 1.70 bits per heavy atom. The Labute approximate surface area is 291 Å². The van der Waals surface area contributed by atoms with Gasteiger partial charge in [-0.25, -0.2) is 4.39 Å². The second kappa shape index (κ2) is 16.4. The maximum atomic E-state index is 16.0. The van der Waals surface area contributed by atoms with Crippen molar-refractivity contribution in [3.63, 3.8) is 0 Å². The summed E-state index contributed by atoms with van der Waals surface area (Å²) in [7, 11) is 0. The first-order chi connectivity index (χ1) is 24.5. The molecule has 1 saturated heterocycles. The SMILES string of the molecule is Fc1cc(-c2nn[nH]n2)ccc1N1CCCCCCCCCCC2CCC1CC(OCc1c(-c3ccccc3OC(F)F)noc1C1CC1)C2. The fourth-order valence-electron chi connectivity index (χ4n) is 7.96. The van der Waals surface area contributed by atoms with Crippen LogP contribution in [0.25, 0.3) is 22.6 Å². The molecule has 268 valence electrons. The molecule has 9 nitrogen and oxygen atoms in total. The van der Waals surface area contributed by atoms with Gasteiger partial charge >= 0.3 is 6.61 Å². The van der Waals surface area contributed by atoms with Gasteiger partial charge in [-0.3, -0.25) is 0 Å². The third-order valence-corrected chi connectivity index (χ3v) is 10.7. The Morgan fingerprint density at radius 3 is 2.46 bits per heavy atom. The number of benzene rings is 2. The summed E-state index contributed by atoms with van der Waals surface area (Å²) in [5.41, 5.74) is 2.93. The minimum atomic E-state index is -2.96. The highest BCUT2D eigenvalue weighted by Gasteiger charge is 2.35. The molecule has 4 aromatic rings. The summed E-state index contributed by atoms with van der Waals surface area (Å²) in [6.07, 6.45) is 16.3. The van der Waals surface area contributed by atoms with Crippen LogP contribution in [0, 0.1) is 11.7 Å². The summed E-state index contributed by atoms with van der Waals surface area (Å²) in [4.78, 5) is 2.28. The molecule has 3 unspecified atom stereocenters. The molecule has 1 aliphatic heterocycles. The van der Waals surface area contributed by atoms with Gasteiger partial charge in [0.05, 0.1) is 18.4 Å². The van der Waals surface area contributed by atoms with Gasteiger partial charge in [-0.05, 0) is 86.4 Å². The van der Waals surface area contributed by atoms with Crippen LogP contribution in [0.1, 0.15) is 114 Å². The van der Waals surface area contributed by atoms with Crippen LogP contribution >= 0.6 is 0 Å². The topological polar surface area (TPSA) is 102 Å². The van der Waals surface area contributed by atoms with Crippen molar-refractivity contribution in [2.75, 3.05) is 11.4 Å². The van der Waals surface area contributed by atoms with Gasteiger partial charge in [-0.2, -0.15) is 14.0 Å². The molecule has 3 fully saturated rings. The average Bonchev–Trinajstić information content (AvgIpc) is 3.70. The van der Waals surface area contributed by atoms with E-state index in [1.165, 1.54) is 50.7 Å². The third kappa shape index (κ3) is 8.50. The van der Waals surface area contributed by atoms with Crippen LogP contribution in [-0.2, 0) is 11.3 Å². The zero-order valence-electron chi connectivity index (χ0n) is 28.5. The van der Waals surface area contributed by atoms with Crippen molar-refractivity contribution in [3.8, 4) is 28.4 Å². The van der Waals surface area contributed by atoms with E-state index in [0.717, 1.165) is 75.7 Å². The van der Waals surface area contributed by atoms with Crippen molar-refractivity contribution < 1.29 is 27.2 Å². The molecule has 2 bridgehead atoms. The van der Waals surface area contributed by atoms with Crippen LogP contribution in [0.4, 0.5) is 18.9 Å². The number of anilines is 1. The van der Waals surface area contributed by atoms with E-state index >= 15 is 4.39 Å². The van der Waals surface area contributed by atoms with Crippen LogP contribution in [0.2, 0.25) is 0 Å². The summed E-state index contributed by atoms with van der Waals surface area (Å²) < 4.78 is 60.3. The van der Waals surface area contributed by atoms with Gasteiger partial charge in [0, 0.05) is 35.2 Å². The van der Waals surface area contributed by atoms with Crippen LogP contribution in [-0.4, -0.2) is 51.1 Å². The van der Waals surface area contributed by atoms with Gasteiger partial charge in [0.25, 0.3) is 0 Å². The predicted octanol–water partition coefficient (Wildman–Crippen LogP) is 9.61. The van der Waals surface area contributed by atoms with Crippen molar-refractivity contribution in [1.29, 1.82) is 0 Å². The lowest BCUT2D eigenvalue weighted by atomic mass is 9.92. The van der Waals surface area contributed by atoms with Crippen molar-refractivity contribution in [2.45, 2.75) is 128 Å². The predicted molar refractivity (Wildman–Crippen MR) is 183 cm³/mol. The number of halogens is 3. The first-order valence-corrected chi connectivity index (χ1v) is 18.5. The third-order valence-electron chi connectivity index (χ3n) is 10.7. The normalized spacial score (nSPS) is 22.6. The highest BCUT2D eigenvalue weighted by molar-refractivity contribution is 5.70. The number of aromatic amines is 1. The van der Waals surface area contributed by atoms with Gasteiger partial charge < -0.3 is 18.9 Å². The van der Waals surface area contributed by atoms with Crippen molar-refractivity contribution in [3.05, 3.63) is 59.6 Å². The number of tetrazole rings is 1. The number of fused-ring (bicyclic) bond motifs is 3. The molecular weight excluding hydrogens is 645 g/mol. The second-order valence-corrected chi connectivity index (χ2v) is 14.2. The van der Waals surface area contributed by atoms with E-state index in [1.54, 1.807) is 18.2 Å². The number of nitrogens with one attached hydrogen (secondary N) is 1. The molecule has 12 heteroatoms. The molecule has 2 saturated carbocycles. The summed E-state index contributed by atoms with van der Waals surface area (Å²) >= 11 is 0. The van der Waals surface area contributed by atoms with Gasteiger partial charge in [-0.15, -0.1) is 10.2 Å². The van der Waals surface area contributed by atoms with E-state index in [2.05, 4.69) is 30.7 Å². The van der Waals surface area contributed by atoms with Crippen molar-refractivity contribution >= 4 is 5.69 Å². The van der Waals surface area contributed by atoms with E-state index in [-0.39, 0.29) is 36.2 Å². The molecule has 0 spiro atoms. The largest absolute Gasteiger partial charge is 0.434 e. The Morgan fingerprint density at radius 1 is 0.900 bits per heavy atom. The van der Waals surface area contributed by atoms with Crippen molar-refractivity contribution in [1.82, 2.24) is 25.8 Å². The number of hydrogen-bond acceptors (Lipinski definition) is 8. The van der Waals surface area contributed by atoms with Crippen molar-refractivity contribution in [2.24, 2.45) is 5.92 Å². The molecule has 3 aliphatic rings. The van der Waals surface area contributed by atoms with E-state index in [1.807, 2.05) is 12.1 Å². The maximum Gasteiger partial charge on any atom is 0.387 e. The first kappa shape index (κ1) is 34.5. The van der Waals surface area contributed by atoms with Gasteiger partial charge in [0.15, 0.2) is 0 Å². The molecule has 50 heavy (non-hydrogen) atoms. The molecule has 3 heterocycles. The molecule has 3 atom stereocenters. The van der Waals surface area contributed by atoms with Gasteiger partial charge in [0.2, 0.25) is 5.82 Å². The Hall–Kier alpha value is -3.93.